The summed E-state index contributed by atoms with van der Waals surface area (Å²) in [6.45, 7) is 1.57. The number of amides is 1. The predicted octanol–water partition coefficient (Wildman–Crippen LogP) is 2.48. The van der Waals surface area contributed by atoms with Crippen molar-refractivity contribution in [1.29, 1.82) is 0 Å². The van der Waals surface area contributed by atoms with Gasteiger partial charge in [-0.2, -0.15) is 0 Å². The van der Waals surface area contributed by atoms with Crippen LogP contribution in [0.4, 0.5) is 0 Å². The number of hydrogen-bond acceptors (Lipinski definition) is 3. The zero-order chi connectivity index (χ0) is 14.6. The lowest BCUT2D eigenvalue weighted by molar-refractivity contribution is 0.0843. The van der Waals surface area contributed by atoms with Crippen molar-refractivity contribution in [3.8, 4) is 0 Å². The summed E-state index contributed by atoms with van der Waals surface area (Å²) < 4.78 is 0.617. The van der Waals surface area contributed by atoms with Crippen molar-refractivity contribution in [3.05, 3.63) is 64.4 Å². The van der Waals surface area contributed by atoms with Crippen LogP contribution in [0, 0.1) is 0 Å². The highest BCUT2D eigenvalue weighted by Crippen LogP contribution is 2.21. The third-order valence-corrected chi connectivity index (χ3v) is 3.73. The Kier molecular flexibility index (Phi) is 4.52. The number of nitrogens with zero attached hydrogens (tertiary/aromatic N) is 1. The molecule has 0 aliphatic heterocycles. The van der Waals surface area contributed by atoms with Crippen LogP contribution < -0.4 is 5.32 Å². The van der Waals surface area contributed by atoms with E-state index < -0.39 is 5.54 Å². The van der Waals surface area contributed by atoms with Crippen LogP contribution in [-0.2, 0) is 5.54 Å². The Balaban J connectivity index is 2.27. The molecule has 104 valence electrons. The maximum atomic E-state index is 12.3. The zero-order valence-electron chi connectivity index (χ0n) is 11.0. The number of nitrogens with one attached hydrogen (secondary N) is 1. The van der Waals surface area contributed by atoms with Crippen molar-refractivity contribution in [2.75, 3.05) is 6.61 Å². The lowest BCUT2D eigenvalue weighted by Crippen LogP contribution is -2.46. The maximum absolute atomic E-state index is 12.3. The molecule has 1 unspecified atom stereocenters. The maximum Gasteiger partial charge on any atom is 0.271 e. The van der Waals surface area contributed by atoms with E-state index in [0.717, 1.165) is 5.56 Å². The van der Waals surface area contributed by atoms with Gasteiger partial charge in [0.25, 0.3) is 5.91 Å². The van der Waals surface area contributed by atoms with Gasteiger partial charge in [0.2, 0.25) is 0 Å². The summed E-state index contributed by atoms with van der Waals surface area (Å²) >= 11 is 3.30. The van der Waals surface area contributed by atoms with Crippen LogP contribution in [0.2, 0.25) is 0 Å². The molecule has 2 N–H and O–H groups in total. The van der Waals surface area contributed by atoms with Gasteiger partial charge < -0.3 is 10.4 Å². The number of carbonyl (C=O) groups is 1. The Morgan fingerprint density at radius 2 is 2.00 bits per heavy atom. The molecule has 0 bridgehead atoms. The summed E-state index contributed by atoms with van der Waals surface area (Å²) in [7, 11) is 0. The fourth-order valence-electron chi connectivity index (χ4n) is 1.87. The van der Waals surface area contributed by atoms with Crippen molar-refractivity contribution < 1.29 is 9.90 Å². The number of aliphatic hydroxyl groups is 1. The van der Waals surface area contributed by atoms with Gasteiger partial charge in [-0.25, -0.2) is 4.98 Å². The Labute approximate surface area is 126 Å². The molecule has 5 heteroatoms. The number of carbonyl (C=O) groups excluding carboxylic acids is 1. The highest BCUT2D eigenvalue weighted by atomic mass is 79.9. The molecule has 1 atom stereocenters. The number of halogens is 1. The third kappa shape index (κ3) is 3.05. The van der Waals surface area contributed by atoms with Gasteiger partial charge in [-0.1, -0.05) is 30.3 Å². The smallest absolute Gasteiger partial charge is 0.271 e. The van der Waals surface area contributed by atoms with Crippen LogP contribution in [0.5, 0.6) is 0 Å². The normalized spacial score (nSPS) is 13.6. The van der Waals surface area contributed by atoms with Crippen molar-refractivity contribution >= 4 is 21.8 Å². The third-order valence-electron chi connectivity index (χ3n) is 3.09. The first-order chi connectivity index (χ1) is 9.57. The summed E-state index contributed by atoms with van der Waals surface area (Å²) in [5.74, 6) is -0.335. The SMILES string of the molecule is CC(CO)(NC(=O)c1ncccc1Br)c1ccccc1. The van der Waals surface area contributed by atoms with Crippen LogP contribution in [-0.4, -0.2) is 22.6 Å². The molecule has 1 aromatic heterocycles. The van der Waals surface area contributed by atoms with E-state index in [4.69, 9.17) is 0 Å². The van der Waals surface area contributed by atoms with Crippen molar-refractivity contribution in [1.82, 2.24) is 10.3 Å². The largest absolute Gasteiger partial charge is 0.394 e. The average molecular weight is 335 g/mol. The second-order valence-electron chi connectivity index (χ2n) is 4.64. The molecule has 4 nitrogen and oxygen atoms in total. The molecule has 1 amide bonds. The Bertz CT molecular complexity index is 604. The van der Waals surface area contributed by atoms with E-state index in [1.807, 2.05) is 30.3 Å². The van der Waals surface area contributed by atoms with Gasteiger partial charge in [-0.15, -0.1) is 0 Å². The predicted molar refractivity (Wildman–Crippen MR) is 80.3 cm³/mol. The Hall–Kier alpha value is -1.72. The minimum absolute atomic E-state index is 0.201. The standard InChI is InChI=1S/C15H15BrN2O2/c1-15(10-19,11-6-3-2-4-7-11)18-14(20)13-12(16)8-5-9-17-13/h2-9,19H,10H2,1H3,(H,18,20). The lowest BCUT2D eigenvalue weighted by Gasteiger charge is -2.29. The zero-order valence-corrected chi connectivity index (χ0v) is 12.6. The van der Waals surface area contributed by atoms with E-state index in [1.54, 1.807) is 25.3 Å². The molecule has 1 heterocycles. The van der Waals surface area contributed by atoms with Gasteiger partial charge in [0.05, 0.1) is 12.1 Å². The second-order valence-corrected chi connectivity index (χ2v) is 5.50. The molecule has 2 aromatic rings. The first kappa shape index (κ1) is 14.7. The van der Waals surface area contributed by atoms with Crippen LogP contribution >= 0.6 is 15.9 Å². The van der Waals surface area contributed by atoms with Crippen LogP contribution in [0.1, 0.15) is 23.0 Å². The molecule has 0 saturated carbocycles. The average Bonchev–Trinajstić information content (AvgIpc) is 2.48. The van der Waals surface area contributed by atoms with Crippen LogP contribution in [0.3, 0.4) is 0 Å². The monoisotopic (exact) mass is 334 g/mol. The molecule has 0 radical (unpaired) electrons. The van der Waals surface area contributed by atoms with Crippen molar-refractivity contribution in [2.45, 2.75) is 12.5 Å². The van der Waals surface area contributed by atoms with Crippen LogP contribution in [0.15, 0.2) is 53.1 Å². The molecule has 20 heavy (non-hydrogen) atoms. The van der Waals surface area contributed by atoms with E-state index in [0.29, 0.717) is 10.2 Å². The second kappa shape index (κ2) is 6.15. The fraction of sp³-hybridized carbons (Fsp3) is 0.200. The number of aromatic nitrogens is 1. The van der Waals surface area contributed by atoms with E-state index >= 15 is 0 Å². The molecule has 2 rings (SSSR count). The number of benzene rings is 1. The highest BCUT2D eigenvalue weighted by molar-refractivity contribution is 9.10. The van der Waals surface area contributed by atoms with E-state index in [9.17, 15) is 9.90 Å². The quantitative estimate of drug-likeness (QED) is 0.902. The van der Waals surface area contributed by atoms with Gasteiger partial charge in [0.15, 0.2) is 0 Å². The van der Waals surface area contributed by atoms with E-state index in [-0.39, 0.29) is 12.5 Å². The number of hydrogen-bond donors (Lipinski definition) is 2. The Morgan fingerprint density at radius 3 is 2.60 bits per heavy atom. The van der Waals surface area contributed by atoms with Gasteiger partial charge in [0.1, 0.15) is 5.69 Å². The minimum atomic E-state index is -0.852. The van der Waals surface area contributed by atoms with E-state index in [2.05, 4.69) is 26.2 Å². The summed E-state index contributed by atoms with van der Waals surface area (Å²) in [5, 5.41) is 12.5. The molecule has 0 saturated heterocycles. The van der Waals surface area contributed by atoms with Crippen molar-refractivity contribution in [2.24, 2.45) is 0 Å². The van der Waals surface area contributed by atoms with Gasteiger partial charge >= 0.3 is 0 Å². The number of aliphatic hydroxyl groups excluding tert-OH is 1. The fourth-order valence-corrected chi connectivity index (χ4v) is 2.31. The summed E-state index contributed by atoms with van der Waals surface area (Å²) in [5.41, 5.74) is 0.279. The molecular formula is C15H15BrN2O2. The molecule has 1 aromatic carbocycles. The Morgan fingerprint density at radius 1 is 1.30 bits per heavy atom. The highest BCUT2D eigenvalue weighted by Gasteiger charge is 2.29. The van der Waals surface area contributed by atoms with Gasteiger partial charge in [0, 0.05) is 10.7 Å². The first-order valence-electron chi connectivity index (χ1n) is 6.16. The number of rotatable bonds is 4. The minimum Gasteiger partial charge on any atom is -0.394 e. The summed E-state index contributed by atoms with van der Waals surface area (Å²) in [6.07, 6.45) is 1.55. The molecule has 0 spiro atoms. The lowest BCUT2D eigenvalue weighted by atomic mass is 9.92. The summed E-state index contributed by atoms with van der Waals surface area (Å²) in [6, 6.07) is 12.8. The van der Waals surface area contributed by atoms with E-state index in [1.165, 1.54) is 0 Å². The molecular weight excluding hydrogens is 320 g/mol. The van der Waals surface area contributed by atoms with Crippen molar-refractivity contribution in [3.63, 3.8) is 0 Å². The van der Waals surface area contributed by atoms with Crippen LogP contribution in [0.25, 0.3) is 0 Å². The van der Waals surface area contributed by atoms with Gasteiger partial charge in [-0.05, 0) is 40.5 Å². The molecule has 0 aliphatic rings. The number of pyridine rings is 1. The molecule has 0 aliphatic carbocycles. The molecule has 0 fully saturated rings. The van der Waals surface area contributed by atoms with Gasteiger partial charge in [-0.3, -0.25) is 4.79 Å². The first-order valence-corrected chi connectivity index (χ1v) is 6.95. The topological polar surface area (TPSA) is 62.2 Å². The summed E-state index contributed by atoms with van der Waals surface area (Å²) in [4.78, 5) is 16.3.